The average Bonchev–Trinajstić information content (AvgIpc) is 3.03. The summed E-state index contributed by atoms with van der Waals surface area (Å²) in [6.45, 7) is 0. The molecule has 0 aliphatic heterocycles. The molecule has 0 radical (unpaired) electrons. The Hall–Kier alpha value is -1.84. The Labute approximate surface area is 92.9 Å². The van der Waals surface area contributed by atoms with E-state index < -0.39 is 0 Å². The van der Waals surface area contributed by atoms with Gasteiger partial charge in [0.15, 0.2) is 0 Å². The van der Waals surface area contributed by atoms with Crippen molar-refractivity contribution >= 4 is 11.6 Å². The first-order valence-corrected chi connectivity index (χ1v) is 5.38. The van der Waals surface area contributed by atoms with Crippen molar-refractivity contribution in [2.45, 2.75) is 18.9 Å². The van der Waals surface area contributed by atoms with Crippen LogP contribution in [0.2, 0.25) is 0 Å². The van der Waals surface area contributed by atoms with Gasteiger partial charge in [-0.3, -0.25) is 0 Å². The summed E-state index contributed by atoms with van der Waals surface area (Å²) in [6, 6.07) is 6.88. The van der Waals surface area contributed by atoms with Crippen LogP contribution in [-0.2, 0) is 0 Å². The fraction of sp³-hybridized carbons (Fsp3) is 0.250. The first-order chi connectivity index (χ1) is 7.83. The molecular formula is C12H12FN3. The van der Waals surface area contributed by atoms with Crippen LogP contribution in [0.4, 0.5) is 16.0 Å². The maximum absolute atomic E-state index is 12.7. The van der Waals surface area contributed by atoms with E-state index in [4.69, 9.17) is 0 Å². The van der Waals surface area contributed by atoms with Gasteiger partial charge in [-0.15, -0.1) is 0 Å². The SMILES string of the molecule is Fc1ccc(Nc2nccn2C2CC2)cc1. The summed E-state index contributed by atoms with van der Waals surface area (Å²) < 4.78 is 14.9. The van der Waals surface area contributed by atoms with Gasteiger partial charge in [-0.05, 0) is 37.1 Å². The van der Waals surface area contributed by atoms with Crippen LogP contribution >= 0.6 is 0 Å². The largest absolute Gasteiger partial charge is 0.326 e. The third kappa shape index (κ3) is 1.78. The molecule has 2 aromatic rings. The molecule has 4 heteroatoms. The number of anilines is 2. The molecule has 0 atom stereocenters. The number of imidazole rings is 1. The quantitative estimate of drug-likeness (QED) is 0.856. The topological polar surface area (TPSA) is 29.9 Å². The molecule has 3 nitrogen and oxygen atoms in total. The Balaban J connectivity index is 1.82. The highest BCUT2D eigenvalue weighted by molar-refractivity contribution is 5.53. The van der Waals surface area contributed by atoms with E-state index in [-0.39, 0.29) is 5.82 Å². The lowest BCUT2D eigenvalue weighted by Gasteiger charge is -2.08. The molecule has 0 saturated heterocycles. The summed E-state index contributed by atoms with van der Waals surface area (Å²) in [5.41, 5.74) is 0.856. The van der Waals surface area contributed by atoms with Gasteiger partial charge in [-0.1, -0.05) is 0 Å². The fourth-order valence-electron chi connectivity index (χ4n) is 1.72. The van der Waals surface area contributed by atoms with Crippen molar-refractivity contribution < 1.29 is 4.39 Å². The molecule has 1 N–H and O–H groups in total. The van der Waals surface area contributed by atoms with Gasteiger partial charge < -0.3 is 9.88 Å². The Bertz CT molecular complexity index is 485. The summed E-state index contributed by atoms with van der Waals surface area (Å²) in [4.78, 5) is 4.25. The van der Waals surface area contributed by atoms with Crippen molar-refractivity contribution in [2.75, 3.05) is 5.32 Å². The Kier molecular flexibility index (Phi) is 2.13. The molecule has 3 rings (SSSR count). The number of nitrogens with zero attached hydrogens (tertiary/aromatic N) is 2. The van der Waals surface area contributed by atoms with Crippen LogP contribution in [0.1, 0.15) is 18.9 Å². The van der Waals surface area contributed by atoms with Crippen LogP contribution in [0.5, 0.6) is 0 Å². The maximum atomic E-state index is 12.7. The van der Waals surface area contributed by atoms with Gasteiger partial charge in [0.05, 0.1) is 0 Å². The first-order valence-electron chi connectivity index (χ1n) is 5.38. The summed E-state index contributed by atoms with van der Waals surface area (Å²) in [5, 5.41) is 3.19. The van der Waals surface area contributed by atoms with Crippen LogP contribution in [0.3, 0.4) is 0 Å². The second-order valence-corrected chi connectivity index (χ2v) is 4.02. The number of halogens is 1. The molecule has 0 unspecified atom stereocenters. The highest BCUT2D eigenvalue weighted by atomic mass is 19.1. The van der Waals surface area contributed by atoms with E-state index in [0.29, 0.717) is 6.04 Å². The monoisotopic (exact) mass is 217 g/mol. The van der Waals surface area contributed by atoms with Crippen molar-refractivity contribution in [2.24, 2.45) is 0 Å². The predicted molar refractivity (Wildman–Crippen MR) is 60.2 cm³/mol. The third-order valence-electron chi connectivity index (χ3n) is 2.71. The van der Waals surface area contributed by atoms with Crippen molar-refractivity contribution in [3.63, 3.8) is 0 Å². The normalized spacial score (nSPS) is 15.1. The maximum Gasteiger partial charge on any atom is 0.207 e. The van der Waals surface area contributed by atoms with E-state index in [1.54, 1.807) is 18.3 Å². The number of hydrogen-bond donors (Lipinski definition) is 1. The van der Waals surface area contributed by atoms with Gasteiger partial charge in [-0.25, -0.2) is 9.37 Å². The molecule has 0 bridgehead atoms. The second kappa shape index (κ2) is 3.63. The molecule has 1 aliphatic rings. The van der Waals surface area contributed by atoms with E-state index in [1.807, 2.05) is 6.20 Å². The van der Waals surface area contributed by atoms with Gasteiger partial charge in [0.1, 0.15) is 5.82 Å². The minimum atomic E-state index is -0.226. The molecule has 1 aromatic heterocycles. The lowest BCUT2D eigenvalue weighted by Crippen LogP contribution is -2.01. The zero-order valence-corrected chi connectivity index (χ0v) is 8.73. The van der Waals surface area contributed by atoms with Crippen LogP contribution in [0.15, 0.2) is 36.7 Å². The standard InChI is InChI=1S/C12H12FN3/c13-9-1-3-10(4-2-9)15-12-14-7-8-16(12)11-5-6-11/h1-4,7-8,11H,5-6H2,(H,14,15). The Morgan fingerprint density at radius 2 is 2.00 bits per heavy atom. The zero-order valence-electron chi connectivity index (χ0n) is 8.73. The molecule has 1 aromatic carbocycles. The highest BCUT2D eigenvalue weighted by Crippen LogP contribution is 2.37. The molecule has 82 valence electrons. The van der Waals surface area contributed by atoms with E-state index >= 15 is 0 Å². The van der Waals surface area contributed by atoms with Crippen molar-refractivity contribution in [3.05, 3.63) is 42.5 Å². The Morgan fingerprint density at radius 1 is 1.25 bits per heavy atom. The molecular weight excluding hydrogens is 205 g/mol. The van der Waals surface area contributed by atoms with Gasteiger partial charge in [0, 0.05) is 24.1 Å². The number of rotatable bonds is 3. The molecule has 0 spiro atoms. The number of hydrogen-bond acceptors (Lipinski definition) is 2. The van der Waals surface area contributed by atoms with Crippen molar-refractivity contribution in [3.8, 4) is 0 Å². The van der Waals surface area contributed by atoms with Gasteiger partial charge in [-0.2, -0.15) is 0 Å². The molecule has 0 amide bonds. The minimum Gasteiger partial charge on any atom is -0.326 e. The lowest BCUT2D eigenvalue weighted by atomic mass is 10.3. The first kappa shape index (κ1) is 9.39. The van der Waals surface area contributed by atoms with Crippen LogP contribution in [-0.4, -0.2) is 9.55 Å². The van der Waals surface area contributed by atoms with E-state index in [2.05, 4.69) is 14.9 Å². The van der Waals surface area contributed by atoms with Crippen LogP contribution < -0.4 is 5.32 Å². The van der Waals surface area contributed by atoms with Gasteiger partial charge in [0.2, 0.25) is 5.95 Å². The van der Waals surface area contributed by atoms with Crippen molar-refractivity contribution in [1.29, 1.82) is 0 Å². The highest BCUT2D eigenvalue weighted by Gasteiger charge is 2.25. The summed E-state index contributed by atoms with van der Waals surface area (Å²) in [5.74, 6) is 0.602. The van der Waals surface area contributed by atoms with Crippen LogP contribution in [0, 0.1) is 5.82 Å². The number of nitrogens with one attached hydrogen (secondary N) is 1. The molecule has 1 fully saturated rings. The molecule has 1 aliphatic carbocycles. The average molecular weight is 217 g/mol. The Morgan fingerprint density at radius 3 is 2.69 bits per heavy atom. The van der Waals surface area contributed by atoms with E-state index in [1.165, 1.54) is 25.0 Å². The van der Waals surface area contributed by atoms with E-state index in [0.717, 1.165) is 11.6 Å². The second-order valence-electron chi connectivity index (χ2n) is 4.02. The predicted octanol–water partition coefficient (Wildman–Crippen LogP) is 3.10. The van der Waals surface area contributed by atoms with Crippen LogP contribution in [0.25, 0.3) is 0 Å². The summed E-state index contributed by atoms with van der Waals surface area (Å²) in [7, 11) is 0. The molecule has 1 saturated carbocycles. The van der Waals surface area contributed by atoms with Gasteiger partial charge >= 0.3 is 0 Å². The summed E-state index contributed by atoms with van der Waals surface area (Å²) in [6.07, 6.45) is 6.19. The summed E-state index contributed by atoms with van der Waals surface area (Å²) >= 11 is 0. The molecule has 16 heavy (non-hydrogen) atoms. The third-order valence-corrected chi connectivity index (χ3v) is 2.71. The van der Waals surface area contributed by atoms with Crippen molar-refractivity contribution in [1.82, 2.24) is 9.55 Å². The molecule has 1 heterocycles. The minimum absolute atomic E-state index is 0.226. The van der Waals surface area contributed by atoms with Gasteiger partial charge in [0.25, 0.3) is 0 Å². The number of benzene rings is 1. The fourth-order valence-corrected chi connectivity index (χ4v) is 1.72. The lowest BCUT2D eigenvalue weighted by molar-refractivity contribution is 0.628. The smallest absolute Gasteiger partial charge is 0.207 e. The zero-order chi connectivity index (χ0) is 11.0. The number of aromatic nitrogens is 2. The van der Waals surface area contributed by atoms with E-state index in [9.17, 15) is 4.39 Å².